The zero-order valence-corrected chi connectivity index (χ0v) is 29.4. The number of H-pyrrole nitrogens is 1. The lowest BCUT2D eigenvalue weighted by molar-refractivity contribution is -0.138. The Morgan fingerprint density at radius 2 is 1.61 bits per heavy atom. The highest BCUT2D eigenvalue weighted by Gasteiger charge is 2.37. The predicted molar refractivity (Wildman–Crippen MR) is 193 cm³/mol. The Labute approximate surface area is 288 Å². The summed E-state index contributed by atoms with van der Waals surface area (Å²) in [5, 5.41) is 6.50. The Balaban J connectivity index is 1.07. The molecular formula is C38H50N8O3. The maximum absolute atomic E-state index is 14.4. The van der Waals surface area contributed by atoms with Crippen LogP contribution in [0.15, 0.2) is 53.5 Å². The number of carbonyl (C=O) groups is 2. The molecule has 3 aliphatic heterocycles. The highest BCUT2D eigenvalue weighted by Crippen LogP contribution is 2.29. The third-order valence-corrected chi connectivity index (χ3v) is 11.4. The molecule has 1 atom stereocenters. The molecule has 3 amide bonds. The molecular weight excluding hydrogens is 616 g/mol. The van der Waals surface area contributed by atoms with Gasteiger partial charge in [-0.05, 0) is 93.4 Å². The molecule has 0 radical (unpaired) electrons. The van der Waals surface area contributed by atoms with Crippen molar-refractivity contribution in [2.24, 2.45) is 7.05 Å². The van der Waals surface area contributed by atoms with Crippen LogP contribution in [-0.4, -0.2) is 130 Å². The van der Waals surface area contributed by atoms with Gasteiger partial charge < -0.3 is 24.6 Å². The van der Waals surface area contributed by atoms with Gasteiger partial charge in [-0.3, -0.25) is 19.2 Å². The molecule has 4 aromatic rings. The Morgan fingerprint density at radius 3 is 2.35 bits per heavy atom. The van der Waals surface area contributed by atoms with Crippen LogP contribution in [0.2, 0.25) is 0 Å². The van der Waals surface area contributed by atoms with Crippen molar-refractivity contribution in [3.8, 4) is 0 Å². The number of hydrogen-bond acceptors (Lipinski definition) is 6. The highest BCUT2D eigenvalue weighted by molar-refractivity contribution is 5.88. The van der Waals surface area contributed by atoms with Crippen LogP contribution in [0.4, 0.5) is 4.79 Å². The van der Waals surface area contributed by atoms with E-state index in [4.69, 9.17) is 0 Å². The number of aromatic nitrogens is 3. The number of hydrogen-bond donors (Lipinski definition) is 1. The molecule has 7 rings (SSSR count). The summed E-state index contributed by atoms with van der Waals surface area (Å²) in [6, 6.07) is 13.9. The van der Waals surface area contributed by atoms with Crippen LogP contribution >= 0.6 is 0 Å². The van der Waals surface area contributed by atoms with E-state index in [0.29, 0.717) is 51.5 Å². The van der Waals surface area contributed by atoms with E-state index in [0.717, 1.165) is 64.7 Å². The van der Waals surface area contributed by atoms with E-state index >= 15 is 0 Å². The minimum atomic E-state index is -0.628. The third-order valence-electron chi connectivity index (χ3n) is 11.4. The van der Waals surface area contributed by atoms with Crippen LogP contribution in [0, 0.1) is 6.92 Å². The smallest absolute Gasteiger partial charge is 0.320 e. The largest absolute Gasteiger partial charge is 0.338 e. The monoisotopic (exact) mass is 666 g/mol. The molecule has 0 aliphatic carbocycles. The molecule has 0 saturated carbocycles. The van der Waals surface area contributed by atoms with Gasteiger partial charge in [-0.25, -0.2) is 4.79 Å². The number of aryl methyl sites for hydroxylation is 2. The molecule has 260 valence electrons. The first-order valence-electron chi connectivity index (χ1n) is 17.9. The van der Waals surface area contributed by atoms with Crippen molar-refractivity contribution >= 4 is 33.7 Å². The Bertz CT molecular complexity index is 1880. The van der Waals surface area contributed by atoms with Gasteiger partial charge in [0, 0.05) is 82.3 Å². The summed E-state index contributed by atoms with van der Waals surface area (Å²) in [6.45, 7) is 8.48. The van der Waals surface area contributed by atoms with Crippen LogP contribution in [0.3, 0.4) is 0 Å². The molecule has 11 heteroatoms. The number of aromatic amines is 1. The first-order valence-corrected chi connectivity index (χ1v) is 17.9. The standard InChI is InChI=1S/C38H50N8O3/c1-26-21-27(22-30-25-39-43(4)35(26)30)23-34(37(48)45-19-17-44(18-20-45)31-11-13-41(2)14-12-31)42(3)38(49)46-15-9-28(10-16-46)32-24-29-7-5-6-8-33(29)40-36(32)47/h5-8,21-22,24-25,28,31,34H,9-20,23H2,1-4H3,(H,40,47). The fraction of sp³-hybridized carbons (Fsp3) is 0.526. The van der Waals surface area contributed by atoms with Crippen molar-refractivity contribution in [3.63, 3.8) is 0 Å². The van der Waals surface area contributed by atoms with E-state index in [-0.39, 0.29) is 23.4 Å². The number of nitrogens with one attached hydrogen (secondary N) is 1. The number of carbonyl (C=O) groups excluding carboxylic acids is 2. The summed E-state index contributed by atoms with van der Waals surface area (Å²) in [5.41, 5.74) is 4.77. The lowest BCUT2D eigenvalue weighted by Gasteiger charge is -2.44. The van der Waals surface area contributed by atoms with Gasteiger partial charge in [0.15, 0.2) is 0 Å². The van der Waals surface area contributed by atoms with Crippen LogP contribution in [0.5, 0.6) is 0 Å². The molecule has 3 fully saturated rings. The van der Waals surface area contributed by atoms with Crippen LogP contribution in [0.1, 0.15) is 48.3 Å². The van der Waals surface area contributed by atoms with E-state index < -0.39 is 6.04 Å². The fourth-order valence-corrected chi connectivity index (χ4v) is 8.45. The summed E-state index contributed by atoms with van der Waals surface area (Å²) < 4.78 is 1.88. The lowest BCUT2D eigenvalue weighted by atomic mass is 9.89. The summed E-state index contributed by atoms with van der Waals surface area (Å²) >= 11 is 0. The number of urea groups is 1. The van der Waals surface area contributed by atoms with Crippen molar-refractivity contribution in [1.82, 2.24) is 39.3 Å². The molecule has 2 aromatic carbocycles. The number of benzene rings is 2. The first-order chi connectivity index (χ1) is 23.7. The molecule has 3 aliphatic rings. The van der Waals surface area contributed by atoms with E-state index in [1.54, 1.807) is 11.9 Å². The van der Waals surface area contributed by atoms with Crippen LogP contribution in [-0.2, 0) is 18.3 Å². The van der Waals surface area contributed by atoms with E-state index in [9.17, 15) is 14.4 Å². The predicted octanol–water partition coefficient (Wildman–Crippen LogP) is 3.80. The molecule has 49 heavy (non-hydrogen) atoms. The zero-order valence-electron chi connectivity index (χ0n) is 29.4. The van der Waals surface area contributed by atoms with E-state index in [1.807, 2.05) is 58.1 Å². The normalized spacial score (nSPS) is 19.5. The maximum atomic E-state index is 14.4. The number of amides is 3. The van der Waals surface area contributed by atoms with Crippen molar-refractivity contribution in [1.29, 1.82) is 0 Å². The number of rotatable bonds is 6. The molecule has 11 nitrogen and oxygen atoms in total. The summed E-state index contributed by atoms with van der Waals surface area (Å²) in [4.78, 5) is 55.1. The number of likely N-dealkylation sites (N-methyl/N-ethyl adjacent to an activating group) is 1. The minimum Gasteiger partial charge on any atom is -0.338 e. The van der Waals surface area contributed by atoms with Gasteiger partial charge in [0.2, 0.25) is 5.91 Å². The minimum absolute atomic E-state index is 0.0143. The van der Waals surface area contributed by atoms with E-state index in [2.05, 4.69) is 46.0 Å². The SMILES string of the molecule is Cc1cc(CC(C(=O)N2CCN(C3CCN(C)CC3)CC2)N(C)C(=O)N2CCC(c3cc4ccccc4[nH]c3=O)CC2)cc2cnn(C)c12. The van der Waals surface area contributed by atoms with Gasteiger partial charge in [-0.2, -0.15) is 5.10 Å². The third kappa shape index (κ3) is 6.83. The molecule has 1 unspecified atom stereocenters. The number of likely N-dealkylation sites (tertiary alicyclic amines) is 2. The van der Waals surface area contributed by atoms with Crippen LogP contribution in [0.25, 0.3) is 21.8 Å². The summed E-state index contributed by atoms with van der Waals surface area (Å²) in [7, 11) is 5.92. The molecule has 3 saturated heterocycles. The lowest BCUT2D eigenvalue weighted by Crippen LogP contribution is -2.59. The average Bonchev–Trinajstić information content (AvgIpc) is 3.50. The molecule has 1 N–H and O–H groups in total. The van der Waals surface area contributed by atoms with Gasteiger partial charge in [0.25, 0.3) is 5.56 Å². The Hall–Kier alpha value is -4.22. The second-order valence-corrected chi connectivity index (χ2v) is 14.5. The van der Waals surface area contributed by atoms with Gasteiger partial charge in [0.1, 0.15) is 6.04 Å². The van der Waals surface area contributed by atoms with Gasteiger partial charge in [-0.15, -0.1) is 0 Å². The van der Waals surface area contributed by atoms with Crippen molar-refractivity contribution in [2.45, 2.75) is 57.0 Å². The van der Waals surface area contributed by atoms with Gasteiger partial charge >= 0.3 is 6.03 Å². The van der Waals surface area contributed by atoms with Crippen molar-refractivity contribution < 1.29 is 9.59 Å². The fourth-order valence-electron chi connectivity index (χ4n) is 8.45. The summed E-state index contributed by atoms with van der Waals surface area (Å²) in [5.74, 6) is 0.0931. The molecule has 2 aromatic heterocycles. The Morgan fingerprint density at radius 1 is 0.898 bits per heavy atom. The highest BCUT2D eigenvalue weighted by atomic mass is 16.2. The second-order valence-electron chi connectivity index (χ2n) is 14.5. The average molecular weight is 667 g/mol. The van der Waals surface area contributed by atoms with Crippen molar-refractivity contribution in [2.75, 3.05) is 66.5 Å². The molecule has 5 heterocycles. The molecule has 0 spiro atoms. The maximum Gasteiger partial charge on any atom is 0.320 e. The number of fused-ring (bicyclic) bond motifs is 2. The quantitative estimate of drug-likeness (QED) is 0.336. The number of para-hydroxylation sites is 1. The number of nitrogens with zero attached hydrogens (tertiary/aromatic N) is 7. The first kappa shape index (κ1) is 33.3. The number of pyridine rings is 1. The van der Waals surface area contributed by atoms with Gasteiger partial charge in [0.05, 0.1) is 11.7 Å². The van der Waals surface area contributed by atoms with Crippen molar-refractivity contribution in [3.05, 3.63) is 75.7 Å². The molecule has 0 bridgehead atoms. The topological polar surface area (TPSA) is 101 Å². The second kappa shape index (κ2) is 14.0. The zero-order chi connectivity index (χ0) is 34.2. The van der Waals surface area contributed by atoms with Gasteiger partial charge in [-0.1, -0.05) is 24.3 Å². The number of piperazine rings is 1. The van der Waals surface area contributed by atoms with E-state index in [1.165, 1.54) is 12.8 Å². The summed E-state index contributed by atoms with van der Waals surface area (Å²) in [6.07, 6.45) is 6.05. The Kier molecular flexibility index (Phi) is 9.48. The van der Waals surface area contributed by atoms with Crippen LogP contribution < -0.4 is 5.56 Å². The number of piperidine rings is 2.